The predicted molar refractivity (Wildman–Crippen MR) is 156 cm³/mol. The number of ether oxygens (including phenoxy) is 1. The first-order valence-corrected chi connectivity index (χ1v) is 14.1. The van der Waals surface area contributed by atoms with Gasteiger partial charge >= 0.3 is 0 Å². The summed E-state index contributed by atoms with van der Waals surface area (Å²) >= 11 is 1.41. The summed E-state index contributed by atoms with van der Waals surface area (Å²) in [5.41, 5.74) is 5.91. The van der Waals surface area contributed by atoms with E-state index in [2.05, 4.69) is 5.32 Å². The standard InChI is InChI=1S/C31H31FN4O3S/c1-20-9-7-14-25(21(20)2)36-31-28(29(34-36)22-10-5-4-6-11-22)30(23-12-8-13-24(32)17-23)40-19-27(38)35(31)18-26(37)33-15-16-39-3/h4-14,17,30H,15-16,18-19H2,1-3H3,(H,33,37)/t30-/m1/s1. The zero-order valence-corrected chi connectivity index (χ0v) is 23.5. The molecule has 1 aliphatic heterocycles. The molecule has 7 nitrogen and oxygen atoms in total. The Labute approximate surface area is 237 Å². The van der Waals surface area contributed by atoms with Crippen molar-refractivity contribution in [2.24, 2.45) is 0 Å². The Kier molecular flexibility index (Phi) is 8.32. The maximum absolute atomic E-state index is 14.5. The molecule has 3 aromatic carbocycles. The fourth-order valence-electron chi connectivity index (χ4n) is 4.89. The van der Waals surface area contributed by atoms with E-state index in [1.165, 1.54) is 28.8 Å². The van der Waals surface area contributed by atoms with Crippen molar-refractivity contribution < 1.29 is 18.7 Å². The molecule has 0 saturated carbocycles. The van der Waals surface area contributed by atoms with Gasteiger partial charge in [-0.2, -0.15) is 5.10 Å². The third kappa shape index (κ3) is 5.52. The second kappa shape index (κ2) is 12.1. The summed E-state index contributed by atoms with van der Waals surface area (Å²) in [5, 5.41) is 7.53. The van der Waals surface area contributed by atoms with E-state index in [1.54, 1.807) is 17.9 Å². The Morgan fingerprint density at radius 2 is 1.88 bits per heavy atom. The smallest absolute Gasteiger partial charge is 0.240 e. The van der Waals surface area contributed by atoms with Crippen molar-refractivity contribution >= 4 is 29.4 Å². The number of rotatable bonds is 8. The number of nitrogens with zero attached hydrogens (tertiary/aromatic N) is 3. The number of carbonyl (C=O) groups excluding carboxylic acids is 2. The Morgan fingerprint density at radius 3 is 2.62 bits per heavy atom. The fourth-order valence-corrected chi connectivity index (χ4v) is 6.07. The van der Waals surface area contributed by atoms with Gasteiger partial charge in [-0.25, -0.2) is 9.07 Å². The number of benzene rings is 3. The van der Waals surface area contributed by atoms with Crippen molar-refractivity contribution in [2.45, 2.75) is 19.1 Å². The quantitative estimate of drug-likeness (QED) is 0.300. The Morgan fingerprint density at radius 1 is 1.10 bits per heavy atom. The van der Waals surface area contributed by atoms with Crippen molar-refractivity contribution in [3.63, 3.8) is 0 Å². The molecular weight excluding hydrogens is 527 g/mol. The van der Waals surface area contributed by atoms with Crippen LogP contribution in [0.25, 0.3) is 16.9 Å². The van der Waals surface area contributed by atoms with Gasteiger partial charge in [0.25, 0.3) is 0 Å². The van der Waals surface area contributed by atoms with Gasteiger partial charge in [-0.1, -0.05) is 54.6 Å². The minimum atomic E-state index is -0.398. The van der Waals surface area contributed by atoms with E-state index in [4.69, 9.17) is 9.84 Å². The van der Waals surface area contributed by atoms with Crippen molar-refractivity contribution in [1.29, 1.82) is 0 Å². The van der Waals surface area contributed by atoms with Crippen LogP contribution in [0.2, 0.25) is 0 Å². The highest BCUT2D eigenvalue weighted by Gasteiger charge is 2.38. The Balaban J connectivity index is 1.78. The van der Waals surface area contributed by atoms with Crippen molar-refractivity contribution in [1.82, 2.24) is 15.1 Å². The molecule has 2 heterocycles. The van der Waals surface area contributed by atoms with Crippen LogP contribution in [0.1, 0.15) is 27.5 Å². The van der Waals surface area contributed by atoms with E-state index in [1.807, 2.05) is 68.4 Å². The molecule has 0 radical (unpaired) electrons. The lowest BCUT2D eigenvalue weighted by Crippen LogP contribution is -2.43. The summed E-state index contributed by atoms with van der Waals surface area (Å²) in [7, 11) is 1.56. The third-order valence-electron chi connectivity index (χ3n) is 7.02. The summed E-state index contributed by atoms with van der Waals surface area (Å²) in [4.78, 5) is 28.3. The van der Waals surface area contributed by atoms with E-state index in [0.29, 0.717) is 24.7 Å². The number of halogens is 1. The van der Waals surface area contributed by atoms with Crippen LogP contribution in [-0.4, -0.2) is 54.2 Å². The topological polar surface area (TPSA) is 76.5 Å². The van der Waals surface area contributed by atoms with Gasteiger partial charge in [-0.3, -0.25) is 14.5 Å². The van der Waals surface area contributed by atoms with E-state index < -0.39 is 5.25 Å². The Hall–Kier alpha value is -3.95. The molecule has 1 aromatic heterocycles. The SMILES string of the molecule is COCCNC(=O)CN1C(=O)CS[C@H](c2cccc(F)c2)c2c(-c3ccccc3)nn(-c3cccc(C)c3C)c21. The summed E-state index contributed by atoms with van der Waals surface area (Å²) < 4.78 is 21.3. The number of fused-ring (bicyclic) bond motifs is 1. The molecule has 40 heavy (non-hydrogen) atoms. The highest BCUT2D eigenvalue weighted by atomic mass is 32.2. The van der Waals surface area contributed by atoms with Gasteiger partial charge in [0.1, 0.15) is 18.2 Å². The van der Waals surface area contributed by atoms with E-state index >= 15 is 0 Å². The lowest BCUT2D eigenvalue weighted by Gasteiger charge is -2.24. The molecule has 0 saturated heterocycles. The van der Waals surface area contributed by atoms with Gasteiger partial charge in [-0.15, -0.1) is 11.8 Å². The number of thioether (sulfide) groups is 1. The largest absolute Gasteiger partial charge is 0.383 e. The van der Waals surface area contributed by atoms with E-state index in [-0.39, 0.29) is 29.9 Å². The zero-order chi connectivity index (χ0) is 28.2. The second-order valence-electron chi connectivity index (χ2n) is 9.65. The number of hydrogen-bond donors (Lipinski definition) is 1. The summed E-state index contributed by atoms with van der Waals surface area (Å²) in [6.45, 7) is 4.55. The van der Waals surface area contributed by atoms with Crippen LogP contribution < -0.4 is 10.2 Å². The lowest BCUT2D eigenvalue weighted by molar-refractivity contribution is -0.123. The van der Waals surface area contributed by atoms with Crippen LogP contribution >= 0.6 is 11.8 Å². The highest BCUT2D eigenvalue weighted by molar-refractivity contribution is 8.00. The molecular formula is C31H31FN4O3S. The van der Waals surface area contributed by atoms with Crippen LogP contribution in [0.4, 0.5) is 10.2 Å². The first-order valence-electron chi connectivity index (χ1n) is 13.1. The minimum absolute atomic E-state index is 0.113. The van der Waals surface area contributed by atoms with Gasteiger partial charge in [0.2, 0.25) is 11.8 Å². The summed E-state index contributed by atoms with van der Waals surface area (Å²) in [6.07, 6.45) is 0. The first-order chi connectivity index (χ1) is 19.4. The maximum Gasteiger partial charge on any atom is 0.240 e. The van der Waals surface area contributed by atoms with Gasteiger partial charge < -0.3 is 10.1 Å². The van der Waals surface area contributed by atoms with Gasteiger partial charge in [0.15, 0.2) is 0 Å². The van der Waals surface area contributed by atoms with Crippen LogP contribution in [-0.2, 0) is 14.3 Å². The number of aromatic nitrogens is 2. The molecule has 2 amide bonds. The van der Waals surface area contributed by atoms with Crippen LogP contribution in [0.3, 0.4) is 0 Å². The fraction of sp³-hybridized carbons (Fsp3) is 0.258. The molecule has 0 aliphatic carbocycles. The van der Waals surface area contributed by atoms with Crippen LogP contribution in [0.15, 0.2) is 72.8 Å². The van der Waals surface area contributed by atoms with Crippen molar-refractivity contribution in [3.05, 3.63) is 101 Å². The number of nitrogens with one attached hydrogen (secondary N) is 1. The molecule has 0 bridgehead atoms. The molecule has 206 valence electrons. The first kappa shape index (κ1) is 27.6. The number of methoxy groups -OCH3 is 1. The molecule has 0 spiro atoms. The Bertz CT molecular complexity index is 1540. The number of hydrogen-bond acceptors (Lipinski definition) is 5. The minimum Gasteiger partial charge on any atom is -0.383 e. The zero-order valence-electron chi connectivity index (χ0n) is 22.7. The molecule has 0 unspecified atom stereocenters. The molecule has 4 aromatic rings. The van der Waals surface area contributed by atoms with Crippen molar-refractivity contribution in [3.8, 4) is 16.9 Å². The maximum atomic E-state index is 14.5. The van der Waals surface area contributed by atoms with Gasteiger partial charge in [-0.05, 0) is 48.7 Å². The average molecular weight is 559 g/mol. The second-order valence-corrected chi connectivity index (χ2v) is 10.7. The van der Waals surface area contributed by atoms with Crippen molar-refractivity contribution in [2.75, 3.05) is 37.5 Å². The number of amides is 2. The number of carbonyl (C=O) groups is 2. The highest BCUT2D eigenvalue weighted by Crippen LogP contribution is 2.48. The van der Waals surface area contributed by atoms with Crippen LogP contribution in [0, 0.1) is 19.7 Å². The molecule has 5 rings (SSSR count). The molecule has 1 N–H and O–H groups in total. The molecule has 9 heteroatoms. The lowest BCUT2D eigenvalue weighted by atomic mass is 9.99. The monoisotopic (exact) mass is 558 g/mol. The summed E-state index contributed by atoms with van der Waals surface area (Å²) in [5.74, 6) is -0.257. The number of aryl methyl sites for hydroxylation is 1. The van der Waals surface area contributed by atoms with E-state index in [0.717, 1.165) is 33.5 Å². The average Bonchev–Trinajstić information content (AvgIpc) is 3.27. The molecule has 1 aliphatic rings. The van der Waals surface area contributed by atoms with Gasteiger partial charge in [0, 0.05) is 24.8 Å². The molecule has 1 atom stereocenters. The third-order valence-corrected chi connectivity index (χ3v) is 8.28. The predicted octanol–water partition coefficient (Wildman–Crippen LogP) is 5.23. The normalized spacial score (nSPS) is 15.1. The summed E-state index contributed by atoms with van der Waals surface area (Å²) in [6, 6.07) is 22.1. The van der Waals surface area contributed by atoms with Crippen LogP contribution in [0.5, 0.6) is 0 Å². The number of anilines is 1. The van der Waals surface area contributed by atoms with Gasteiger partial charge in [0.05, 0.1) is 29.0 Å². The molecule has 0 fully saturated rings. The van der Waals surface area contributed by atoms with E-state index in [9.17, 15) is 14.0 Å².